The highest BCUT2D eigenvalue weighted by molar-refractivity contribution is 7.59. The van der Waals surface area contributed by atoms with E-state index < -0.39 is 37.1 Å². The Balaban J connectivity index is 2.22. The van der Waals surface area contributed by atoms with Gasteiger partial charge in [-0.3, -0.25) is 14.2 Å². The van der Waals surface area contributed by atoms with E-state index in [0.717, 1.165) is 0 Å². The van der Waals surface area contributed by atoms with Crippen LogP contribution in [0.25, 0.3) is 11.2 Å². The van der Waals surface area contributed by atoms with E-state index in [1.54, 1.807) is 45.5 Å². The molecule has 2 aromatic heterocycles. The van der Waals surface area contributed by atoms with Gasteiger partial charge in [0.2, 0.25) is 7.44 Å². The standard InChI is InChI=1S/C22H38N7O6P/c1-13(2)16(8-17(30)31)27-36(33,28-22(6,7)21(32)35-14(3)4)12-34-15(5)9-29-11-26-18-19(23)24-10-25-20(18)29/h10-11,13-16H,8-9,12H2,1-7H3,(H,30,31)(H2,23,24,25)(H2,27,28,33)/t15-,16+,36+/m1/s1. The van der Waals surface area contributed by atoms with Gasteiger partial charge in [0, 0.05) is 6.04 Å². The SMILES string of the molecule is CC(C)OC(=O)C(C)(C)N[P@](=O)(CO[C@H](C)Cn1cnc2c(N)ncnc21)N[C@@H](CC(=O)O)C(C)C. The number of aromatic nitrogens is 4. The molecule has 2 heterocycles. The van der Waals surface area contributed by atoms with E-state index in [1.165, 1.54) is 6.33 Å². The second kappa shape index (κ2) is 12.1. The number of anilines is 1. The van der Waals surface area contributed by atoms with Crippen molar-refractivity contribution in [3.8, 4) is 0 Å². The molecule has 2 aromatic rings. The summed E-state index contributed by atoms with van der Waals surface area (Å²) < 4.78 is 27.1. The molecule has 0 spiro atoms. The minimum atomic E-state index is -3.66. The fourth-order valence-electron chi connectivity index (χ4n) is 3.44. The van der Waals surface area contributed by atoms with Crippen molar-refractivity contribution in [2.24, 2.45) is 5.92 Å². The zero-order valence-electron chi connectivity index (χ0n) is 21.9. The number of nitrogens with zero attached hydrogens (tertiary/aromatic N) is 4. The first kappa shape index (κ1) is 29.6. The van der Waals surface area contributed by atoms with Crippen LogP contribution in [0, 0.1) is 5.92 Å². The maximum Gasteiger partial charge on any atom is 0.326 e. The van der Waals surface area contributed by atoms with Crippen molar-refractivity contribution in [3.63, 3.8) is 0 Å². The van der Waals surface area contributed by atoms with Crippen LogP contribution in [0.3, 0.4) is 0 Å². The molecule has 3 atom stereocenters. The number of nitrogens with one attached hydrogen (secondary N) is 2. The summed E-state index contributed by atoms with van der Waals surface area (Å²) in [6, 6.07) is -0.631. The van der Waals surface area contributed by atoms with Gasteiger partial charge in [-0.25, -0.2) is 25.1 Å². The average Bonchev–Trinajstić information content (AvgIpc) is 3.15. The number of esters is 1. The summed E-state index contributed by atoms with van der Waals surface area (Å²) in [7, 11) is -3.66. The predicted octanol–water partition coefficient (Wildman–Crippen LogP) is 2.37. The van der Waals surface area contributed by atoms with Crippen LogP contribution in [0.5, 0.6) is 0 Å². The van der Waals surface area contributed by atoms with Crippen molar-refractivity contribution in [1.82, 2.24) is 29.7 Å². The molecule has 14 heteroatoms. The Labute approximate surface area is 211 Å². The molecule has 0 aliphatic rings. The first-order valence-corrected chi connectivity index (χ1v) is 13.6. The molecule has 0 saturated carbocycles. The van der Waals surface area contributed by atoms with Crippen molar-refractivity contribution in [2.75, 3.05) is 12.1 Å². The number of imidazole rings is 1. The third kappa shape index (κ3) is 8.22. The second-order valence-electron chi connectivity index (χ2n) is 9.94. The van der Waals surface area contributed by atoms with Crippen LogP contribution in [-0.2, 0) is 30.2 Å². The highest BCUT2D eigenvalue weighted by atomic mass is 31.2. The molecule has 0 aliphatic heterocycles. The minimum Gasteiger partial charge on any atom is -0.481 e. The zero-order chi connectivity index (χ0) is 27.3. The van der Waals surface area contributed by atoms with Gasteiger partial charge in [0.15, 0.2) is 11.5 Å². The Morgan fingerprint density at radius 2 is 1.86 bits per heavy atom. The molecule has 2 rings (SSSR count). The maximum absolute atomic E-state index is 14.1. The smallest absolute Gasteiger partial charge is 0.326 e. The van der Waals surface area contributed by atoms with Crippen LogP contribution in [0.2, 0.25) is 0 Å². The van der Waals surface area contributed by atoms with Crippen molar-refractivity contribution < 1.29 is 28.7 Å². The molecule has 0 unspecified atom stereocenters. The molecular formula is C22H38N7O6P. The predicted molar refractivity (Wildman–Crippen MR) is 135 cm³/mol. The Bertz CT molecular complexity index is 1100. The fraction of sp³-hybridized carbons (Fsp3) is 0.682. The van der Waals surface area contributed by atoms with Crippen LogP contribution < -0.4 is 15.9 Å². The third-order valence-electron chi connectivity index (χ3n) is 5.31. The molecule has 13 nitrogen and oxygen atoms in total. The summed E-state index contributed by atoms with van der Waals surface area (Å²) in [5.41, 5.74) is 5.52. The molecule has 36 heavy (non-hydrogen) atoms. The highest BCUT2D eigenvalue weighted by Crippen LogP contribution is 2.41. The number of fused-ring (bicyclic) bond motifs is 1. The molecule has 0 bridgehead atoms. The Morgan fingerprint density at radius 3 is 2.44 bits per heavy atom. The molecule has 0 aromatic carbocycles. The first-order valence-electron chi connectivity index (χ1n) is 11.8. The number of nitrogens with two attached hydrogens (primary N) is 1. The topological polar surface area (TPSA) is 184 Å². The normalized spacial score (nSPS) is 15.7. The van der Waals surface area contributed by atoms with E-state index in [4.69, 9.17) is 15.2 Å². The Kier molecular flexibility index (Phi) is 9.95. The first-order chi connectivity index (χ1) is 16.6. The van der Waals surface area contributed by atoms with E-state index in [9.17, 15) is 19.3 Å². The van der Waals surface area contributed by atoms with Gasteiger partial charge in [0.25, 0.3) is 0 Å². The summed E-state index contributed by atoms with van der Waals surface area (Å²) in [6.45, 7) is 12.3. The highest BCUT2D eigenvalue weighted by Gasteiger charge is 2.39. The number of carboxylic acids is 1. The Hall–Kier alpha value is -2.60. The molecule has 0 radical (unpaired) electrons. The maximum atomic E-state index is 14.1. The number of hydrogen-bond donors (Lipinski definition) is 4. The van der Waals surface area contributed by atoms with Gasteiger partial charge in [0.05, 0.1) is 31.5 Å². The lowest BCUT2D eigenvalue weighted by atomic mass is 10.0. The van der Waals surface area contributed by atoms with E-state index in [0.29, 0.717) is 17.7 Å². The van der Waals surface area contributed by atoms with Crippen molar-refractivity contribution >= 4 is 36.4 Å². The summed E-state index contributed by atoms with van der Waals surface area (Å²) >= 11 is 0. The summed E-state index contributed by atoms with van der Waals surface area (Å²) in [4.78, 5) is 36.4. The molecule has 202 valence electrons. The van der Waals surface area contributed by atoms with Crippen LogP contribution in [0.1, 0.15) is 54.9 Å². The lowest BCUT2D eigenvalue weighted by molar-refractivity contribution is -0.153. The van der Waals surface area contributed by atoms with E-state index in [1.807, 2.05) is 13.8 Å². The molecule has 0 saturated heterocycles. The van der Waals surface area contributed by atoms with Crippen molar-refractivity contribution in [1.29, 1.82) is 0 Å². The number of nitrogen functional groups attached to an aromatic ring is 1. The number of hydrogen-bond acceptors (Lipinski definition) is 9. The van der Waals surface area contributed by atoms with Crippen molar-refractivity contribution in [3.05, 3.63) is 12.7 Å². The largest absolute Gasteiger partial charge is 0.481 e. The number of carboxylic acid groups (broad SMARTS) is 1. The quantitative estimate of drug-likeness (QED) is 0.208. The number of carbonyl (C=O) groups excluding carboxylic acids is 1. The van der Waals surface area contributed by atoms with Gasteiger partial charge in [0.1, 0.15) is 23.7 Å². The van der Waals surface area contributed by atoms with Gasteiger partial charge in [-0.2, -0.15) is 0 Å². The van der Waals surface area contributed by atoms with Gasteiger partial charge in [-0.05, 0) is 40.5 Å². The number of carbonyl (C=O) groups is 2. The molecule has 0 amide bonds. The monoisotopic (exact) mass is 527 g/mol. The number of rotatable bonds is 14. The van der Waals surface area contributed by atoms with Crippen LogP contribution >= 0.6 is 7.44 Å². The van der Waals surface area contributed by atoms with Crippen molar-refractivity contribution in [2.45, 2.75) is 85.2 Å². The second-order valence-corrected chi connectivity index (χ2v) is 12.2. The van der Waals surface area contributed by atoms with E-state index in [-0.39, 0.29) is 30.6 Å². The molecule has 0 fully saturated rings. The van der Waals surface area contributed by atoms with Gasteiger partial charge in [-0.1, -0.05) is 13.8 Å². The van der Waals surface area contributed by atoms with Crippen LogP contribution in [0.15, 0.2) is 12.7 Å². The summed E-state index contributed by atoms with van der Waals surface area (Å²) in [5, 5.41) is 15.2. The van der Waals surface area contributed by atoms with E-state index >= 15 is 0 Å². The minimum absolute atomic E-state index is 0.151. The number of aliphatic carboxylic acids is 1. The molecule has 5 N–H and O–H groups in total. The Morgan fingerprint density at radius 1 is 1.19 bits per heavy atom. The van der Waals surface area contributed by atoms with Crippen LogP contribution in [0.4, 0.5) is 5.82 Å². The fourth-order valence-corrected chi connectivity index (χ4v) is 6.03. The summed E-state index contributed by atoms with van der Waals surface area (Å²) in [6.07, 6.45) is 1.55. The molecule has 0 aliphatic carbocycles. The third-order valence-corrected chi connectivity index (χ3v) is 7.49. The van der Waals surface area contributed by atoms with Gasteiger partial charge < -0.3 is 24.9 Å². The van der Waals surface area contributed by atoms with E-state index in [2.05, 4.69) is 25.1 Å². The van der Waals surface area contributed by atoms with Crippen LogP contribution in [-0.4, -0.2) is 66.7 Å². The molecular weight excluding hydrogens is 489 g/mol. The van der Waals surface area contributed by atoms with Gasteiger partial charge >= 0.3 is 11.9 Å². The zero-order valence-corrected chi connectivity index (χ0v) is 22.8. The lowest BCUT2D eigenvalue weighted by Crippen LogP contribution is -2.51. The number of ether oxygens (including phenoxy) is 2. The lowest BCUT2D eigenvalue weighted by Gasteiger charge is -2.34. The van der Waals surface area contributed by atoms with Gasteiger partial charge in [-0.15, -0.1) is 0 Å². The summed E-state index contributed by atoms with van der Waals surface area (Å²) in [5.74, 6) is -1.51. The average molecular weight is 528 g/mol.